The van der Waals surface area contributed by atoms with Crippen molar-refractivity contribution in [2.75, 3.05) is 0 Å². The van der Waals surface area contributed by atoms with E-state index in [1.807, 2.05) is 0 Å². The minimum absolute atomic E-state index is 0.347. The topological polar surface area (TPSA) is 0 Å². The largest absolute Gasteiger partial charge is 0.200 e. The van der Waals surface area contributed by atoms with Crippen molar-refractivity contribution in [2.24, 2.45) is 0 Å². The Morgan fingerprint density at radius 1 is 0.688 bits per heavy atom. The van der Waals surface area contributed by atoms with Gasteiger partial charge in [-0.2, -0.15) is 0 Å². The van der Waals surface area contributed by atoms with Crippen LogP contribution in [0.3, 0.4) is 0 Å². The Labute approximate surface area is 101 Å². The molecular formula is C14H10PS+. The lowest BCUT2D eigenvalue weighted by Gasteiger charge is -2.11. The fourth-order valence-electron chi connectivity index (χ4n) is 3.05. The van der Waals surface area contributed by atoms with Gasteiger partial charge in [0, 0.05) is 22.3 Å². The first-order chi connectivity index (χ1) is 7.88. The van der Waals surface area contributed by atoms with Crippen molar-refractivity contribution in [2.45, 2.75) is 11.3 Å². The van der Waals surface area contributed by atoms with Crippen LogP contribution in [0.4, 0.5) is 0 Å². The van der Waals surface area contributed by atoms with Gasteiger partial charge in [0.05, 0.1) is 0 Å². The Bertz CT molecular complexity index is 518. The average molecular weight is 241 g/mol. The van der Waals surface area contributed by atoms with E-state index >= 15 is 0 Å². The van der Waals surface area contributed by atoms with Crippen molar-refractivity contribution in [3.63, 3.8) is 0 Å². The van der Waals surface area contributed by atoms with Crippen LogP contribution in [0.15, 0.2) is 48.5 Å². The first-order valence-corrected chi connectivity index (χ1v) is 8.00. The van der Waals surface area contributed by atoms with Gasteiger partial charge in [-0.15, -0.1) is 0 Å². The third kappa shape index (κ3) is 0.917. The maximum Gasteiger partial charge on any atom is 0.200 e. The van der Waals surface area contributed by atoms with Crippen molar-refractivity contribution in [3.8, 4) is 0 Å². The van der Waals surface area contributed by atoms with E-state index in [4.69, 9.17) is 11.8 Å². The van der Waals surface area contributed by atoms with Gasteiger partial charge in [0.2, 0.25) is 6.70 Å². The summed E-state index contributed by atoms with van der Waals surface area (Å²) in [6.07, 6.45) is 0. The van der Waals surface area contributed by atoms with Gasteiger partial charge in [0.25, 0.3) is 0 Å². The van der Waals surface area contributed by atoms with E-state index in [1.165, 1.54) is 22.3 Å². The first-order valence-electron chi connectivity index (χ1n) is 5.51. The molecule has 16 heavy (non-hydrogen) atoms. The monoisotopic (exact) mass is 241 g/mol. The van der Waals surface area contributed by atoms with Crippen LogP contribution in [-0.2, 0) is 11.8 Å². The van der Waals surface area contributed by atoms with E-state index in [-0.39, 0.29) is 6.70 Å². The number of hydrogen-bond acceptors (Lipinski definition) is 1. The molecule has 0 fully saturated rings. The highest BCUT2D eigenvalue weighted by molar-refractivity contribution is 8.05. The lowest BCUT2D eigenvalue weighted by atomic mass is 9.86. The summed E-state index contributed by atoms with van der Waals surface area (Å²) >= 11 is 5.79. The Morgan fingerprint density at radius 2 is 1.00 bits per heavy atom. The van der Waals surface area contributed by atoms with E-state index in [2.05, 4.69) is 48.5 Å². The molecule has 0 aromatic heterocycles. The Hall–Kier alpha value is -1.04. The minimum Gasteiger partial charge on any atom is -0.0618 e. The molecule has 0 radical (unpaired) electrons. The van der Waals surface area contributed by atoms with Crippen LogP contribution in [0.2, 0.25) is 0 Å². The van der Waals surface area contributed by atoms with Crippen molar-refractivity contribution in [1.82, 2.24) is 0 Å². The molecule has 0 aliphatic carbocycles. The smallest absolute Gasteiger partial charge is 0.0618 e. The second-order valence-corrected chi connectivity index (χ2v) is 7.44. The van der Waals surface area contributed by atoms with Gasteiger partial charge in [-0.3, -0.25) is 0 Å². The third-order valence-electron chi connectivity index (χ3n) is 3.68. The molecule has 0 atom stereocenters. The fraction of sp³-hybridized carbons (Fsp3) is 0.143. The number of rotatable bonds is 0. The molecule has 2 aromatic carbocycles. The molecule has 2 aliphatic heterocycles. The third-order valence-corrected chi connectivity index (χ3v) is 7.07. The van der Waals surface area contributed by atoms with Crippen LogP contribution >= 0.6 is 6.70 Å². The summed E-state index contributed by atoms with van der Waals surface area (Å²) in [5.74, 6) is 0. The number of benzene rings is 2. The molecule has 2 bridgehead atoms. The highest BCUT2D eigenvalue weighted by atomic mass is 32.4. The van der Waals surface area contributed by atoms with Crippen LogP contribution in [0.5, 0.6) is 0 Å². The van der Waals surface area contributed by atoms with Gasteiger partial charge in [0.1, 0.15) is 0 Å². The molecule has 0 saturated heterocycles. The van der Waals surface area contributed by atoms with Gasteiger partial charge in [-0.1, -0.05) is 48.5 Å². The quantitative estimate of drug-likeness (QED) is 0.625. The van der Waals surface area contributed by atoms with Crippen molar-refractivity contribution in [3.05, 3.63) is 70.8 Å². The first kappa shape index (κ1) is 9.04. The summed E-state index contributed by atoms with van der Waals surface area (Å²) in [4.78, 5) is 0. The molecule has 2 aromatic rings. The second kappa shape index (κ2) is 3.00. The molecule has 0 saturated carbocycles. The highest BCUT2D eigenvalue weighted by Crippen LogP contribution is 2.71. The van der Waals surface area contributed by atoms with Crippen molar-refractivity contribution < 1.29 is 0 Å². The fourth-order valence-corrected chi connectivity index (χ4v) is 6.75. The van der Waals surface area contributed by atoms with E-state index in [1.54, 1.807) is 0 Å². The van der Waals surface area contributed by atoms with Gasteiger partial charge in [-0.05, 0) is 0 Å². The van der Waals surface area contributed by atoms with E-state index in [0.29, 0.717) is 11.3 Å². The zero-order valence-electron chi connectivity index (χ0n) is 8.63. The normalized spacial score (nSPS) is 26.6. The lowest BCUT2D eigenvalue weighted by molar-refractivity contribution is 1.04. The molecule has 2 heteroatoms. The Kier molecular flexibility index (Phi) is 1.69. The highest BCUT2D eigenvalue weighted by Gasteiger charge is 2.55. The molecule has 0 nitrogen and oxygen atoms in total. The van der Waals surface area contributed by atoms with Crippen molar-refractivity contribution in [1.29, 1.82) is 0 Å². The molecule has 0 unspecified atom stereocenters. The van der Waals surface area contributed by atoms with Crippen LogP contribution in [0.1, 0.15) is 33.6 Å². The minimum atomic E-state index is -0.347. The molecular weight excluding hydrogens is 231 g/mol. The maximum absolute atomic E-state index is 5.79. The zero-order chi connectivity index (χ0) is 10.7. The lowest BCUT2D eigenvalue weighted by Crippen LogP contribution is -2.01. The van der Waals surface area contributed by atoms with Gasteiger partial charge < -0.3 is 0 Å². The summed E-state index contributed by atoms with van der Waals surface area (Å²) in [5.41, 5.74) is 7.03. The van der Waals surface area contributed by atoms with Crippen LogP contribution in [0, 0.1) is 0 Å². The molecule has 0 N–H and O–H groups in total. The van der Waals surface area contributed by atoms with E-state index in [9.17, 15) is 0 Å². The molecule has 76 valence electrons. The van der Waals surface area contributed by atoms with Crippen LogP contribution in [0.25, 0.3) is 0 Å². The van der Waals surface area contributed by atoms with E-state index < -0.39 is 0 Å². The Morgan fingerprint density at radius 3 is 1.31 bits per heavy atom. The zero-order valence-corrected chi connectivity index (χ0v) is 10.3. The van der Waals surface area contributed by atoms with Gasteiger partial charge in [0.15, 0.2) is 23.1 Å². The standard InChI is InChI=1S/C14H10PS/c16-15-13-9-5-1-2-6-10(9)14(15)12-8-4-3-7-11(12)13/h1-8,13-14H/q+1. The average Bonchev–Trinajstić information content (AvgIpc) is 2.78. The summed E-state index contributed by atoms with van der Waals surface area (Å²) in [5, 5.41) is 0. The molecule has 4 rings (SSSR count). The second-order valence-electron chi connectivity index (χ2n) is 4.42. The molecule has 2 aliphatic rings. The van der Waals surface area contributed by atoms with Gasteiger partial charge in [-0.25, -0.2) is 0 Å². The predicted octanol–water partition coefficient (Wildman–Crippen LogP) is 4.14. The molecule has 0 amide bonds. The Balaban J connectivity index is 2.08. The van der Waals surface area contributed by atoms with Crippen molar-refractivity contribution >= 4 is 18.5 Å². The number of hydrogen-bond donors (Lipinski definition) is 0. The summed E-state index contributed by atoms with van der Waals surface area (Å²) in [6, 6.07) is 17.6. The summed E-state index contributed by atoms with van der Waals surface area (Å²) < 4.78 is 0. The van der Waals surface area contributed by atoms with Crippen LogP contribution < -0.4 is 0 Å². The van der Waals surface area contributed by atoms with E-state index in [0.717, 1.165) is 0 Å². The SMILES string of the molecule is S=[P+]1C2c3ccccc3C1c1ccccc12. The summed E-state index contributed by atoms with van der Waals surface area (Å²) in [7, 11) is 0. The van der Waals surface area contributed by atoms with Crippen LogP contribution in [-0.4, -0.2) is 0 Å². The molecule has 2 heterocycles. The predicted molar refractivity (Wildman–Crippen MR) is 70.9 cm³/mol. The maximum atomic E-state index is 5.79. The summed E-state index contributed by atoms with van der Waals surface area (Å²) in [6.45, 7) is -0.347. The molecule has 0 spiro atoms. The van der Waals surface area contributed by atoms with Gasteiger partial charge >= 0.3 is 0 Å². The number of fused-ring (bicyclic) bond motifs is 8.